The molecule has 1 atom stereocenters. The number of rotatable bonds is 5. The number of aliphatic carboxylic acids is 1. The SMILES string of the molecule is C=CCOC(=O)N[C@H](C(=O)O)C1CCCCC1. The highest BCUT2D eigenvalue weighted by Gasteiger charge is 2.30. The molecule has 0 aromatic heterocycles. The van der Waals surface area contributed by atoms with E-state index in [-0.39, 0.29) is 12.5 Å². The number of ether oxygens (including phenoxy) is 1. The minimum Gasteiger partial charge on any atom is -0.480 e. The zero-order chi connectivity index (χ0) is 12.7. The van der Waals surface area contributed by atoms with Gasteiger partial charge in [-0.1, -0.05) is 31.9 Å². The summed E-state index contributed by atoms with van der Waals surface area (Å²) in [6.07, 6.45) is 5.63. The Kier molecular flexibility index (Phi) is 5.52. The molecule has 0 aromatic rings. The molecule has 1 fully saturated rings. The normalized spacial score (nSPS) is 18.1. The summed E-state index contributed by atoms with van der Waals surface area (Å²) < 4.78 is 4.73. The molecule has 0 bridgehead atoms. The molecule has 0 unspecified atom stereocenters. The zero-order valence-electron chi connectivity index (χ0n) is 9.85. The van der Waals surface area contributed by atoms with E-state index >= 15 is 0 Å². The van der Waals surface area contributed by atoms with Crippen LogP contribution in [0, 0.1) is 5.92 Å². The van der Waals surface area contributed by atoms with Crippen molar-refractivity contribution in [2.24, 2.45) is 5.92 Å². The molecule has 0 aromatic carbocycles. The van der Waals surface area contributed by atoms with Crippen LogP contribution in [0.1, 0.15) is 32.1 Å². The first-order valence-corrected chi connectivity index (χ1v) is 5.92. The summed E-state index contributed by atoms with van der Waals surface area (Å²) in [6, 6.07) is -0.840. The molecule has 2 N–H and O–H groups in total. The van der Waals surface area contributed by atoms with Gasteiger partial charge in [0.05, 0.1) is 0 Å². The molecular formula is C12H19NO4. The number of hydrogen-bond donors (Lipinski definition) is 2. The monoisotopic (exact) mass is 241 g/mol. The van der Waals surface area contributed by atoms with Gasteiger partial charge in [0.15, 0.2) is 0 Å². The summed E-state index contributed by atoms with van der Waals surface area (Å²) in [5, 5.41) is 11.5. The highest BCUT2D eigenvalue weighted by Crippen LogP contribution is 2.26. The van der Waals surface area contributed by atoms with E-state index in [4.69, 9.17) is 9.84 Å². The Morgan fingerprint density at radius 1 is 1.41 bits per heavy atom. The van der Waals surface area contributed by atoms with Crippen LogP contribution in [0.15, 0.2) is 12.7 Å². The topological polar surface area (TPSA) is 75.6 Å². The van der Waals surface area contributed by atoms with Crippen LogP contribution in [0.3, 0.4) is 0 Å². The van der Waals surface area contributed by atoms with Gasteiger partial charge in [0.2, 0.25) is 0 Å². The summed E-state index contributed by atoms with van der Waals surface area (Å²) >= 11 is 0. The maximum absolute atomic E-state index is 11.3. The van der Waals surface area contributed by atoms with Crippen LogP contribution in [0.4, 0.5) is 4.79 Å². The lowest BCUT2D eigenvalue weighted by molar-refractivity contribution is -0.141. The van der Waals surface area contributed by atoms with Crippen molar-refractivity contribution in [1.29, 1.82) is 0 Å². The number of amides is 1. The lowest BCUT2D eigenvalue weighted by Crippen LogP contribution is -2.46. The number of carbonyl (C=O) groups is 2. The fourth-order valence-corrected chi connectivity index (χ4v) is 2.15. The second-order valence-corrected chi connectivity index (χ2v) is 4.25. The molecule has 5 nitrogen and oxygen atoms in total. The van der Waals surface area contributed by atoms with Crippen molar-refractivity contribution in [2.75, 3.05) is 6.61 Å². The molecule has 0 saturated heterocycles. The minimum absolute atomic E-state index is 0.0116. The molecule has 96 valence electrons. The van der Waals surface area contributed by atoms with Crippen molar-refractivity contribution in [3.8, 4) is 0 Å². The van der Waals surface area contributed by atoms with Crippen LogP contribution in [0.25, 0.3) is 0 Å². The largest absolute Gasteiger partial charge is 0.480 e. The van der Waals surface area contributed by atoms with Crippen molar-refractivity contribution in [1.82, 2.24) is 5.32 Å². The van der Waals surface area contributed by atoms with Crippen LogP contribution in [0.2, 0.25) is 0 Å². The van der Waals surface area contributed by atoms with Crippen LogP contribution in [-0.4, -0.2) is 29.8 Å². The second-order valence-electron chi connectivity index (χ2n) is 4.25. The Hall–Kier alpha value is -1.52. The van der Waals surface area contributed by atoms with Gasteiger partial charge in [-0.15, -0.1) is 0 Å². The molecule has 17 heavy (non-hydrogen) atoms. The number of alkyl carbamates (subject to hydrolysis) is 1. The van der Waals surface area contributed by atoms with Crippen LogP contribution >= 0.6 is 0 Å². The first kappa shape index (κ1) is 13.5. The first-order valence-electron chi connectivity index (χ1n) is 5.92. The number of nitrogens with one attached hydrogen (secondary N) is 1. The highest BCUT2D eigenvalue weighted by molar-refractivity contribution is 5.80. The molecule has 1 saturated carbocycles. The molecule has 5 heteroatoms. The van der Waals surface area contributed by atoms with Crippen LogP contribution in [0.5, 0.6) is 0 Å². The summed E-state index contributed by atoms with van der Waals surface area (Å²) in [5.74, 6) is -0.981. The number of carboxylic acids is 1. The molecule has 1 aliphatic rings. The third-order valence-electron chi connectivity index (χ3n) is 2.99. The molecule has 0 radical (unpaired) electrons. The molecule has 0 aliphatic heterocycles. The third kappa shape index (κ3) is 4.46. The quantitative estimate of drug-likeness (QED) is 0.721. The van der Waals surface area contributed by atoms with Gasteiger partial charge in [-0.2, -0.15) is 0 Å². The van der Waals surface area contributed by atoms with E-state index in [1.807, 2.05) is 0 Å². The second kappa shape index (κ2) is 6.93. The molecule has 0 spiro atoms. The highest BCUT2D eigenvalue weighted by atomic mass is 16.5. The lowest BCUT2D eigenvalue weighted by Gasteiger charge is -2.27. The Morgan fingerprint density at radius 2 is 2.06 bits per heavy atom. The molecule has 1 rings (SSSR count). The first-order chi connectivity index (χ1) is 8.15. The van der Waals surface area contributed by atoms with E-state index in [0.29, 0.717) is 0 Å². The Balaban J connectivity index is 2.50. The van der Waals surface area contributed by atoms with Gasteiger partial charge in [-0.05, 0) is 18.8 Å². The van der Waals surface area contributed by atoms with Crippen LogP contribution in [-0.2, 0) is 9.53 Å². The molecular weight excluding hydrogens is 222 g/mol. The molecule has 0 heterocycles. The Bertz CT molecular complexity index is 284. The van der Waals surface area contributed by atoms with E-state index in [1.165, 1.54) is 6.08 Å². The number of carbonyl (C=O) groups excluding carboxylic acids is 1. The van der Waals surface area contributed by atoms with E-state index in [0.717, 1.165) is 32.1 Å². The predicted molar refractivity (Wildman–Crippen MR) is 62.7 cm³/mol. The van der Waals surface area contributed by atoms with Gasteiger partial charge in [-0.3, -0.25) is 0 Å². The number of carboxylic acid groups (broad SMARTS) is 1. The van der Waals surface area contributed by atoms with Gasteiger partial charge in [0, 0.05) is 0 Å². The van der Waals surface area contributed by atoms with Gasteiger partial charge in [0.1, 0.15) is 12.6 Å². The lowest BCUT2D eigenvalue weighted by atomic mass is 9.84. The van der Waals surface area contributed by atoms with Crippen molar-refractivity contribution in [2.45, 2.75) is 38.1 Å². The van der Waals surface area contributed by atoms with E-state index in [9.17, 15) is 9.59 Å². The van der Waals surface area contributed by atoms with Gasteiger partial charge >= 0.3 is 12.1 Å². The van der Waals surface area contributed by atoms with Crippen molar-refractivity contribution in [3.63, 3.8) is 0 Å². The van der Waals surface area contributed by atoms with Crippen molar-refractivity contribution >= 4 is 12.1 Å². The van der Waals surface area contributed by atoms with Gasteiger partial charge < -0.3 is 15.2 Å². The van der Waals surface area contributed by atoms with Gasteiger partial charge in [0.25, 0.3) is 0 Å². The Labute approximate surface area is 101 Å². The van der Waals surface area contributed by atoms with Crippen molar-refractivity contribution in [3.05, 3.63) is 12.7 Å². The molecule has 1 aliphatic carbocycles. The molecule has 1 amide bonds. The average Bonchev–Trinajstić information content (AvgIpc) is 2.34. The van der Waals surface area contributed by atoms with Gasteiger partial charge in [-0.25, -0.2) is 9.59 Å². The Morgan fingerprint density at radius 3 is 2.59 bits per heavy atom. The van der Waals surface area contributed by atoms with E-state index in [2.05, 4.69) is 11.9 Å². The number of hydrogen-bond acceptors (Lipinski definition) is 3. The summed E-state index contributed by atoms with van der Waals surface area (Å²) in [7, 11) is 0. The zero-order valence-corrected chi connectivity index (χ0v) is 9.85. The van der Waals surface area contributed by atoms with E-state index in [1.54, 1.807) is 0 Å². The fraction of sp³-hybridized carbons (Fsp3) is 0.667. The predicted octanol–water partition coefficient (Wildman–Crippen LogP) is 1.93. The summed E-state index contributed by atoms with van der Waals surface area (Å²) in [5.41, 5.74) is 0. The minimum atomic E-state index is -0.993. The third-order valence-corrected chi connectivity index (χ3v) is 2.99. The van der Waals surface area contributed by atoms with E-state index < -0.39 is 18.1 Å². The maximum Gasteiger partial charge on any atom is 0.408 e. The summed E-state index contributed by atoms with van der Waals surface area (Å²) in [6.45, 7) is 3.50. The van der Waals surface area contributed by atoms with Crippen LogP contribution < -0.4 is 5.32 Å². The smallest absolute Gasteiger partial charge is 0.408 e. The fourth-order valence-electron chi connectivity index (χ4n) is 2.15. The maximum atomic E-state index is 11.3. The average molecular weight is 241 g/mol. The van der Waals surface area contributed by atoms with Crippen molar-refractivity contribution < 1.29 is 19.4 Å². The standard InChI is InChI=1S/C12H19NO4/c1-2-8-17-12(16)13-10(11(14)15)9-6-4-3-5-7-9/h2,9-10H,1,3-8H2,(H,13,16)(H,14,15)/t10-/m0/s1. The summed E-state index contributed by atoms with van der Waals surface area (Å²) in [4.78, 5) is 22.4.